The number of fused-ring (bicyclic) bond motifs is 7. The van der Waals surface area contributed by atoms with E-state index in [-0.39, 0.29) is 0 Å². The second kappa shape index (κ2) is 14.8. The standard InChI is InChI=1S/C60H40N2/c1-3-16-45-37-48(29-27-41(45)13-1)43-31-34-51(35-32-43)61(52-20-11-18-47(39-52)49-30-28-42-14-2-4-17-46(42)38-49)57-25-9-7-22-54(57)50-19-12-21-53(40-50)62-58-26-10-8-24-56(58)60-55-23-6-5-15-44(55)33-36-59(60)62/h1-40H. The van der Waals surface area contributed by atoms with E-state index in [1.807, 2.05) is 0 Å². The second-order valence-corrected chi connectivity index (χ2v) is 16.2. The zero-order valence-corrected chi connectivity index (χ0v) is 34.0. The van der Waals surface area contributed by atoms with E-state index < -0.39 is 0 Å². The van der Waals surface area contributed by atoms with Crippen molar-refractivity contribution in [1.82, 2.24) is 4.57 Å². The Morgan fingerprint density at radius 1 is 0.290 bits per heavy atom. The predicted molar refractivity (Wildman–Crippen MR) is 264 cm³/mol. The highest BCUT2D eigenvalue weighted by Gasteiger charge is 2.20. The van der Waals surface area contributed by atoms with Gasteiger partial charge in [0.1, 0.15) is 0 Å². The summed E-state index contributed by atoms with van der Waals surface area (Å²) in [5.74, 6) is 0. The van der Waals surface area contributed by atoms with Crippen molar-refractivity contribution in [2.45, 2.75) is 0 Å². The van der Waals surface area contributed by atoms with E-state index in [2.05, 4.69) is 252 Å². The Morgan fingerprint density at radius 2 is 0.855 bits per heavy atom. The van der Waals surface area contributed by atoms with Crippen LogP contribution in [0.4, 0.5) is 17.1 Å². The van der Waals surface area contributed by atoms with E-state index >= 15 is 0 Å². The van der Waals surface area contributed by atoms with Crippen LogP contribution in [0.1, 0.15) is 0 Å². The minimum Gasteiger partial charge on any atom is -0.310 e. The van der Waals surface area contributed by atoms with Crippen molar-refractivity contribution in [3.63, 3.8) is 0 Å². The molecule has 0 atom stereocenters. The lowest BCUT2D eigenvalue weighted by Gasteiger charge is -2.28. The smallest absolute Gasteiger partial charge is 0.0547 e. The summed E-state index contributed by atoms with van der Waals surface area (Å²) < 4.78 is 2.43. The molecule has 0 N–H and O–H groups in total. The van der Waals surface area contributed by atoms with Crippen molar-refractivity contribution in [2.75, 3.05) is 4.90 Å². The summed E-state index contributed by atoms with van der Waals surface area (Å²) in [4.78, 5) is 2.42. The minimum absolute atomic E-state index is 1.09. The fraction of sp³-hybridized carbons (Fsp3) is 0. The summed E-state index contributed by atoms with van der Waals surface area (Å²) in [5, 5.41) is 10.0. The van der Waals surface area contributed by atoms with Gasteiger partial charge in [-0.3, -0.25) is 0 Å². The molecule has 0 saturated carbocycles. The van der Waals surface area contributed by atoms with Gasteiger partial charge in [0, 0.05) is 33.4 Å². The zero-order valence-electron chi connectivity index (χ0n) is 34.0. The molecule has 0 aliphatic heterocycles. The third kappa shape index (κ3) is 6.12. The highest BCUT2D eigenvalue weighted by Crippen LogP contribution is 2.44. The maximum absolute atomic E-state index is 2.43. The number of benzene rings is 11. The van der Waals surface area contributed by atoms with E-state index in [1.54, 1.807) is 0 Å². The van der Waals surface area contributed by atoms with Gasteiger partial charge in [0.15, 0.2) is 0 Å². The summed E-state index contributed by atoms with van der Waals surface area (Å²) >= 11 is 0. The van der Waals surface area contributed by atoms with Crippen LogP contribution in [0.25, 0.3) is 93.2 Å². The zero-order chi connectivity index (χ0) is 41.0. The largest absolute Gasteiger partial charge is 0.310 e. The molecule has 12 aromatic rings. The summed E-state index contributed by atoms with van der Waals surface area (Å²) in [5.41, 5.74) is 13.9. The molecule has 0 aliphatic rings. The lowest BCUT2D eigenvalue weighted by Crippen LogP contribution is -2.11. The Bertz CT molecular complexity index is 3650. The first-order valence-corrected chi connectivity index (χ1v) is 21.3. The molecule has 0 aliphatic carbocycles. The van der Waals surface area contributed by atoms with Crippen LogP contribution in [-0.4, -0.2) is 4.57 Å². The second-order valence-electron chi connectivity index (χ2n) is 16.2. The Kier molecular flexibility index (Phi) is 8.53. The van der Waals surface area contributed by atoms with Gasteiger partial charge in [-0.25, -0.2) is 0 Å². The molecule has 62 heavy (non-hydrogen) atoms. The van der Waals surface area contributed by atoms with E-state index in [4.69, 9.17) is 0 Å². The number of rotatable bonds is 7. The SMILES string of the molecule is c1cc(-c2ccc3ccccc3c2)cc(N(c2ccc(-c3ccc4ccccc4c3)cc2)c2ccccc2-c2cccc(-n3c4ccccc4c4c5ccccc5ccc43)c2)c1. The van der Waals surface area contributed by atoms with Crippen LogP contribution in [0.5, 0.6) is 0 Å². The molecule has 1 heterocycles. The van der Waals surface area contributed by atoms with Crippen molar-refractivity contribution in [1.29, 1.82) is 0 Å². The van der Waals surface area contributed by atoms with Gasteiger partial charge >= 0.3 is 0 Å². The highest BCUT2D eigenvalue weighted by molar-refractivity contribution is 6.21. The lowest BCUT2D eigenvalue weighted by atomic mass is 9.98. The quantitative estimate of drug-likeness (QED) is 0.156. The third-order valence-corrected chi connectivity index (χ3v) is 12.5. The van der Waals surface area contributed by atoms with Crippen LogP contribution in [0, 0.1) is 0 Å². The van der Waals surface area contributed by atoms with Gasteiger partial charge in [0.2, 0.25) is 0 Å². The van der Waals surface area contributed by atoms with Crippen molar-refractivity contribution < 1.29 is 0 Å². The Balaban J connectivity index is 1.02. The fourth-order valence-corrected chi connectivity index (χ4v) is 9.54. The monoisotopic (exact) mass is 788 g/mol. The number of nitrogens with zero attached hydrogens (tertiary/aromatic N) is 2. The van der Waals surface area contributed by atoms with E-state index in [0.717, 1.165) is 33.9 Å². The van der Waals surface area contributed by atoms with Gasteiger partial charge in [-0.05, 0) is 127 Å². The molecular formula is C60H40N2. The van der Waals surface area contributed by atoms with Gasteiger partial charge < -0.3 is 9.47 Å². The Labute approximate surface area is 360 Å². The van der Waals surface area contributed by atoms with Crippen LogP contribution in [0.2, 0.25) is 0 Å². The number of hydrogen-bond acceptors (Lipinski definition) is 1. The van der Waals surface area contributed by atoms with Crippen molar-refractivity contribution in [3.8, 4) is 39.1 Å². The molecular weight excluding hydrogens is 749 g/mol. The minimum atomic E-state index is 1.09. The first-order chi connectivity index (χ1) is 30.7. The molecule has 0 radical (unpaired) electrons. The third-order valence-electron chi connectivity index (χ3n) is 12.5. The Hall–Kier alpha value is -8.20. The van der Waals surface area contributed by atoms with E-state index in [1.165, 1.54) is 76.4 Å². The summed E-state index contributed by atoms with van der Waals surface area (Å²) in [6.45, 7) is 0. The number of anilines is 3. The molecule has 0 fully saturated rings. The maximum atomic E-state index is 2.43. The molecule has 0 spiro atoms. The summed E-state index contributed by atoms with van der Waals surface area (Å²) in [6.07, 6.45) is 0. The molecule has 0 saturated heterocycles. The van der Waals surface area contributed by atoms with Crippen LogP contribution >= 0.6 is 0 Å². The molecule has 0 amide bonds. The van der Waals surface area contributed by atoms with Crippen LogP contribution in [0.15, 0.2) is 243 Å². The molecule has 1 aromatic heterocycles. The first-order valence-electron chi connectivity index (χ1n) is 21.3. The van der Waals surface area contributed by atoms with Gasteiger partial charge in [-0.15, -0.1) is 0 Å². The van der Waals surface area contributed by atoms with E-state index in [9.17, 15) is 0 Å². The Morgan fingerprint density at radius 3 is 1.63 bits per heavy atom. The maximum Gasteiger partial charge on any atom is 0.0547 e. The highest BCUT2D eigenvalue weighted by atomic mass is 15.1. The predicted octanol–water partition coefficient (Wildman–Crippen LogP) is 16.7. The molecule has 12 rings (SSSR count). The van der Waals surface area contributed by atoms with Crippen molar-refractivity contribution >= 4 is 71.2 Å². The molecule has 290 valence electrons. The topological polar surface area (TPSA) is 8.17 Å². The average Bonchev–Trinajstić information content (AvgIpc) is 3.69. The van der Waals surface area contributed by atoms with Gasteiger partial charge in [-0.1, -0.05) is 176 Å². The molecule has 2 nitrogen and oxygen atoms in total. The fourth-order valence-electron chi connectivity index (χ4n) is 9.54. The molecule has 0 bridgehead atoms. The molecule has 0 unspecified atom stereocenters. The number of para-hydroxylation sites is 2. The van der Waals surface area contributed by atoms with Gasteiger partial charge in [0.05, 0.1) is 16.7 Å². The lowest BCUT2D eigenvalue weighted by molar-refractivity contribution is 1.18. The van der Waals surface area contributed by atoms with Gasteiger partial charge in [0.25, 0.3) is 0 Å². The van der Waals surface area contributed by atoms with Crippen molar-refractivity contribution in [3.05, 3.63) is 243 Å². The van der Waals surface area contributed by atoms with Crippen molar-refractivity contribution in [2.24, 2.45) is 0 Å². The number of aromatic nitrogens is 1. The molecule has 11 aromatic carbocycles. The first kappa shape index (κ1) is 35.7. The van der Waals surface area contributed by atoms with Crippen LogP contribution in [0.3, 0.4) is 0 Å². The summed E-state index contributed by atoms with van der Waals surface area (Å²) in [6, 6.07) is 88.6. The normalized spacial score (nSPS) is 11.5. The average molecular weight is 789 g/mol. The number of hydrogen-bond donors (Lipinski definition) is 0. The summed E-state index contributed by atoms with van der Waals surface area (Å²) in [7, 11) is 0. The van der Waals surface area contributed by atoms with Crippen LogP contribution in [-0.2, 0) is 0 Å². The molecule has 2 heteroatoms. The van der Waals surface area contributed by atoms with Crippen LogP contribution < -0.4 is 4.90 Å². The van der Waals surface area contributed by atoms with Gasteiger partial charge in [-0.2, -0.15) is 0 Å². The van der Waals surface area contributed by atoms with E-state index in [0.29, 0.717) is 0 Å².